The van der Waals surface area contributed by atoms with Crippen LogP contribution in [0.5, 0.6) is 0 Å². The summed E-state index contributed by atoms with van der Waals surface area (Å²) in [7, 11) is 1.29. The second kappa shape index (κ2) is 10.1. The van der Waals surface area contributed by atoms with Gasteiger partial charge >= 0.3 is 5.97 Å². The fraction of sp³-hybridized carbons (Fsp3) is 0.280. The highest BCUT2D eigenvalue weighted by Gasteiger charge is 2.36. The number of esters is 1. The van der Waals surface area contributed by atoms with E-state index in [0.717, 1.165) is 25.7 Å². The number of aromatic nitrogens is 1. The van der Waals surface area contributed by atoms with Crippen molar-refractivity contribution in [3.8, 4) is 0 Å². The Balaban J connectivity index is 1.82. The van der Waals surface area contributed by atoms with Gasteiger partial charge in [0.2, 0.25) is 5.91 Å². The Morgan fingerprint density at radius 1 is 1.12 bits per heavy atom. The quantitative estimate of drug-likeness (QED) is 0.551. The van der Waals surface area contributed by atoms with Crippen LogP contribution in [0.2, 0.25) is 0 Å². The number of amides is 2. The number of rotatable bonds is 7. The van der Waals surface area contributed by atoms with Crippen LogP contribution in [0.4, 0.5) is 5.69 Å². The van der Waals surface area contributed by atoms with E-state index in [1.165, 1.54) is 30.4 Å². The van der Waals surface area contributed by atoms with Gasteiger partial charge in [-0.05, 0) is 49.2 Å². The van der Waals surface area contributed by atoms with Gasteiger partial charge in [0.05, 0.1) is 18.9 Å². The minimum Gasteiger partial charge on any atom is -0.465 e. The molecule has 2 amide bonds. The van der Waals surface area contributed by atoms with Crippen molar-refractivity contribution in [2.75, 3.05) is 12.0 Å². The van der Waals surface area contributed by atoms with Crippen molar-refractivity contribution >= 4 is 23.5 Å². The fourth-order valence-corrected chi connectivity index (χ4v) is 4.11. The Morgan fingerprint density at radius 3 is 2.61 bits per heavy atom. The SMILES string of the molecule is COC(=O)c1cccc(N(C(=O)c2ccco2)[C@H](C(=O)NC2CCCC2)c2cccnc2)c1. The summed E-state index contributed by atoms with van der Waals surface area (Å²) in [6.45, 7) is 0. The maximum atomic E-state index is 13.6. The first-order chi connectivity index (χ1) is 16.1. The number of ether oxygens (including phenoxy) is 1. The zero-order valence-electron chi connectivity index (χ0n) is 18.3. The average molecular weight is 447 g/mol. The van der Waals surface area contributed by atoms with Gasteiger partial charge in [0.15, 0.2) is 5.76 Å². The van der Waals surface area contributed by atoms with Gasteiger partial charge in [-0.2, -0.15) is 0 Å². The average Bonchev–Trinajstić information content (AvgIpc) is 3.57. The summed E-state index contributed by atoms with van der Waals surface area (Å²) < 4.78 is 10.2. The van der Waals surface area contributed by atoms with Crippen molar-refractivity contribution in [2.45, 2.75) is 37.8 Å². The van der Waals surface area contributed by atoms with Crippen LogP contribution in [0.1, 0.15) is 58.2 Å². The lowest BCUT2D eigenvalue weighted by Gasteiger charge is -2.31. The maximum Gasteiger partial charge on any atom is 0.337 e. The zero-order valence-corrected chi connectivity index (χ0v) is 18.3. The van der Waals surface area contributed by atoms with Crippen LogP contribution in [0.3, 0.4) is 0 Å². The van der Waals surface area contributed by atoms with Crippen LogP contribution in [-0.4, -0.2) is 35.9 Å². The molecule has 0 aliphatic heterocycles. The number of furan rings is 1. The molecule has 8 heteroatoms. The van der Waals surface area contributed by atoms with E-state index in [4.69, 9.17) is 9.15 Å². The molecule has 0 radical (unpaired) electrons. The van der Waals surface area contributed by atoms with E-state index in [2.05, 4.69) is 10.3 Å². The molecule has 8 nitrogen and oxygen atoms in total. The van der Waals surface area contributed by atoms with Crippen molar-refractivity contribution < 1.29 is 23.5 Å². The molecule has 33 heavy (non-hydrogen) atoms. The fourth-order valence-electron chi connectivity index (χ4n) is 4.11. The van der Waals surface area contributed by atoms with E-state index in [1.54, 1.807) is 48.8 Å². The van der Waals surface area contributed by atoms with Crippen molar-refractivity contribution in [1.82, 2.24) is 10.3 Å². The normalized spacial score (nSPS) is 14.5. The Labute approximate surface area is 191 Å². The second-order valence-electron chi connectivity index (χ2n) is 7.87. The Hall–Kier alpha value is -3.94. The smallest absolute Gasteiger partial charge is 0.337 e. The predicted molar refractivity (Wildman–Crippen MR) is 121 cm³/mol. The van der Waals surface area contributed by atoms with E-state index in [-0.39, 0.29) is 23.3 Å². The number of hydrogen-bond acceptors (Lipinski definition) is 6. The molecule has 0 saturated heterocycles. The van der Waals surface area contributed by atoms with E-state index in [0.29, 0.717) is 11.3 Å². The number of carbonyl (C=O) groups is 3. The summed E-state index contributed by atoms with van der Waals surface area (Å²) in [5.74, 6) is -1.31. The highest BCUT2D eigenvalue weighted by Crippen LogP contribution is 2.31. The van der Waals surface area contributed by atoms with Gasteiger partial charge in [0, 0.05) is 29.7 Å². The molecule has 2 heterocycles. The van der Waals surface area contributed by atoms with Gasteiger partial charge in [-0.1, -0.05) is 25.0 Å². The third-order valence-electron chi connectivity index (χ3n) is 5.70. The molecule has 1 fully saturated rings. The lowest BCUT2D eigenvalue weighted by molar-refractivity contribution is -0.123. The first-order valence-electron chi connectivity index (χ1n) is 10.8. The molecule has 1 N–H and O–H groups in total. The number of methoxy groups -OCH3 is 1. The molecule has 0 spiro atoms. The van der Waals surface area contributed by atoms with Gasteiger partial charge in [-0.25, -0.2) is 4.79 Å². The molecule has 4 rings (SSSR count). The lowest BCUT2D eigenvalue weighted by atomic mass is 10.0. The molecule has 1 aliphatic carbocycles. The Morgan fingerprint density at radius 2 is 1.94 bits per heavy atom. The van der Waals surface area contributed by atoms with Crippen molar-refractivity contribution in [1.29, 1.82) is 0 Å². The van der Waals surface area contributed by atoms with Crippen LogP contribution in [0.25, 0.3) is 0 Å². The Bertz CT molecular complexity index is 1110. The Kier molecular flexibility index (Phi) is 6.83. The molecule has 1 saturated carbocycles. The van der Waals surface area contributed by atoms with Gasteiger partial charge in [0.1, 0.15) is 6.04 Å². The van der Waals surface area contributed by atoms with Gasteiger partial charge in [0.25, 0.3) is 5.91 Å². The first-order valence-corrected chi connectivity index (χ1v) is 10.8. The maximum absolute atomic E-state index is 13.6. The number of anilines is 1. The molecule has 1 atom stereocenters. The number of benzene rings is 1. The molecule has 0 unspecified atom stereocenters. The molecular formula is C25H25N3O5. The van der Waals surface area contributed by atoms with E-state index >= 15 is 0 Å². The third-order valence-corrected chi connectivity index (χ3v) is 5.70. The van der Waals surface area contributed by atoms with E-state index < -0.39 is 17.9 Å². The predicted octanol–water partition coefficient (Wildman–Crippen LogP) is 3.91. The highest BCUT2D eigenvalue weighted by atomic mass is 16.5. The van der Waals surface area contributed by atoms with Gasteiger partial charge in [-0.3, -0.25) is 19.5 Å². The minimum atomic E-state index is -1.02. The highest BCUT2D eigenvalue weighted by molar-refractivity contribution is 6.09. The second-order valence-corrected chi connectivity index (χ2v) is 7.87. The standard InChI is InChI=1S/C25H25N3O5/c1-32-25(31)17-7-4-11-20(15-17)28(24(30)21-12-6-14-33-21)22(18-8-5-13-26-16-18)23(29)27-19-9-2-3-10-19/h4-8,11-16,19,22H,2-3,9-10H2,1H3,(H,27,29)/t22-/m0/s1. The van der Waals surface area contributed by atoms with Crippen LogP contribution in [-0.2, 0) is 9.53 Å². The third kappa shape index (κ3) is 4.95. The van der Waals surface area contributed by atoms with Crippen LogP contribution in [0.15, 0.2) is 71.6 Å². The molecule has 0 bridgehead atoms. The number of carbonyl (C=O) groups excluding carboxylic acids is 3. The van der Waals surface area contributed by atoms with Crippen molar-refractivity contribution in [2.24, 2.45) is 0 Å². The largest absolute Gasteiger partial charge is 0.465 e. The molecule has 1 aromatic carbocycles. The molecular weight excluding hydrogens is 422 g/mol. The molecule has 170 valence electrons. The monoisotopic (exact) mass is 447 g/mol. The van der Waals surface area contributed by atoms with Crippen LogP contribution >= 0.6 is 0 Å². The first kappa shape index (κ1) is 22.3. The number of hydrogen-bond donors (Lipinski definition) is 1. The zero-order chi connectivity index (χ0) is 23.2. The summed E-state index contributed by atoms with van der Waals surface area (Å²) in [6, 6.07) is 12.1. The topological polar surface area (TPSA) is 102 Å². The molecule has 3 aromatic rings. The van der Waals surface area contributed by atoms with Crippen LogP contribution in [0, 0.1) is 0 Å². The van der Waals surface area contributed by atoms with E-state index in [1.807, 2.05) is 0 Å². The van der Waals surface area contributed by atoms with Gasteiger partial charge in [-0.15, -0.1) is 0 Å². The van der Waals surface area contributed by atoms with Crippen molar-refractivity contribution in [3.05, 3.63) is 84.1 Å². The lowest BCUT2D eigenvalue weighted by Crippen LogP contribution is -2.46. The van der Waals surface area contributed by atoms with Crippen LogP contribution < -0.4 is 10.2 Å². The summed E-state index contributed by atoms with van der Waals surface area (Å²) in [5, 5.41) is 3.09. The van der Waals surface area contributed by atoms with Gasteiger partial charge < -0.3 is 14.5 Å². The molecule has 2 aromatic heterocycles. The summed E-state index contributed by atoms with van der Waals surface area (Å²) in [5.41, 5.74) is 1.15. The minimum absolute atomic E-state index is 0.0543. The molecule has 1 aliphatic rings. The number of nitrogens with zero attached hydrogens (tertiary/aromatic N) is 2. The van der Waals surface area contributed by atoms with Crippen molar-refractivity contribution in [3.63, 3.8) is 0 Å². The number of pyridine rings is 1. The summed E-state index contributed by atoms with van der Waals surface area (Å²) in [6.07, 6.45) is 8.47. The summed E-state index contributed by atoms with van der Waals surface area (Å²) in [4.78, 5) is 44.9. The summed E-state index contributed by atoms with van der Waals surface area (Å²) >= 11 is 0. The number of nitrogens with one attached hydrogen (secondary N) is 1. The van der Waals surface area contributed by atoms with E-state index in [9.17, 15) is 14.4 Å².